The minimum absolute atomic E-state index is 0.0607. The Morgan fingerprint density at radius 3 is 2.62 bits per heavy atom. The van der Waals surface area contributed by atoms with Crippen LogP contribution in [0.25, 0.3) is 5.57 Å². The molecule has 0 amide bonds. The Kier molecular flexibility index (Phi) is 4.00. The average Bonchev–Trinajstić information content (AvgIpc) is 2.63. The lowest BCUT2D eigenvalue weighted by Gasteiger charge is -2.48. The highest BCUT2D eigenvalue weighted by atomic mass is 16.5. The van der Waals surface area contributed by atoms with Gasteiger partial charge in [0.1, 0.15) is 11.4 Å². The molecule has 2 fully saturated rings. The lowest BCUT2D eigenvalue weighted by atomic mass is 9.80. The van der Waals surface area contributed by atoms with Gasteiger partial charge in [0, 0.05) is 25.6 Å². The van der Waals surface area contributed by atoms with Crippen LogP contribution in [0.1, 0.15) is 56.1 Å². The molecular weight excluding hydrogens is 322 g/mol. The Hall–Kier alpha value is -1.87. The molecule has 0 aromatic heterocycles. The molecule has 4 aliphatic rings. The summed E-state index contributed by atoms with van der Waals surface area (Å²) in [5.74, 6) is 1.26. The molecule has 0 N–H and O–H groups in total. The van der Waals surface area contributed by atoms with Crippen molar-refractivity contribution in [3.05, 3.63) is 47.6 Å². The molecule has 0 bridgehead atoms. The predicted octanol–water partition coefficient (Wildman–Crippen LogP) is 4.31. The standard InChI is InChI=1S/C23H27NO2/c25-21-7-4-17(5-8-21)18-6-9-22-19(16-18)10-11-23(26-22)12-14-24(15-13-23)20-2-1-3-20/h4-7,9,16,20H,1-3,8,10-15H2. The molecule has 3 nitrogen and oxygen atoms in total. The van der Waals surface area contributed by atoms with E-state index in [-0.39, 0.29) is 11.4 Å². The first-order valence-corrected chi connectivity index (χ1v) is 10.2. The summed E-state index contributed by atoms with van der Waals surface area (Å²) in [6, 6.07) is 7.41. The fourth-order valence-corrected chi connectivity index (χ4v) is 4.84. The summed E-state index contributed by atoms with van der Waals surface area (Å²) in [7, 11) is 0. The quantitative estimate of drug-likeness (QED) is 0.797. The van der Waals surface area contributed by atoms with E-state index in [0.29, 0.717) is 6.42 Å². The van der Waals surface area contributed by atoms with Gasteiger partial charge in [0.15, 0.2) is 5.78 Å². The molecule has 2 heterocycles. The molecular formula is C23H27NO2. The maximum absolute atomic E-state index is 11.4. The van der Waals surface area contributed by atoms with Crippen molar-refractivity contribution in [2.45, 2.75) is 63.0 Å². The number of nitrogens with zero attached hydrogens (tertiary/aromatic N) is 1. The molecule has 2 aliphatic carbocycles. The van der Waals surface area contributed by atoms with Crippen molar-refractivity contribution < 1.29 is 9.53 Å². The molecule has 0 atom stereocenters. The van der Waals surface area contributed by atoms with Crippen LogP contribution >= 0.6 is 0 Å². The third kappa shape index (κ3) is 2.92. The molecule has 1 saturated carbocycles. The second-order valence-corrected chi connectivity index (χ2v) is 8.39. The summed E-state index contributed by atoms with van der Waals surface area (Å²) in [6.07, 6.45) is 15.0. The van der Waals surface area contributed by atoms with Crippen LogP contribution in [0.2, 0.25) is 0 Å². The smallest absolute Gasteiger partial charge is 0.159 e. The van der Waals surface area contributed by atoms with Gasteiger partial charge >= 0.3 is 0 Å². The zero-order chi connectivity index (χ0) is 17.6. The Bertz CT molecular complexity index is 779. The fraction of sp³-hybridized carbons (Fsp3) is 0.522. The summed E-state index contributed by atoms with van der Waals surface area (Å²) < 4.78 is 6.58. The second kappa shape index (κ2) is 6.38. The topological polar surface area (TPSA) is 29.5 Å². The summed E-state index contributed by atoms with van der Waals surface area (Å²) in [6.45, 7) is 2.40. The SMILES string of the molecule is O=C1C=CC(c2ccc3c(c2)CCC2(CCN(C4CCC4)CC2)O3)=CC1. The number of carbonyl (C=O) groups excluding carboxylic acids is 1. The largest absolute Gasteiger partial charge is 0.487 e. The lowest BCUT2D eigenvalue weighted by molar-refractivity contribution is -0.113. The van der Waals surface area contributed by atoms with Gasteiger partial charge in [-0.2, -0.15) is 0 Å². The van der Waals surface area contributed by atoms with Crippen LogP contribution in [0.3, 0.4) is 0 Å². The van der Waals surface area contributed by atoms with E-state index >= 15 is 0 Å². The molecule has 2 aliphatic heterocycles. The molecule has 1 saturated heterocycles. The number of hydrogen-bond donors (Lipinski definition) is 0. The van der Waals surface area contributed by atoms with Crippen LogP contribution in [0, 0.1) is 0 Å². The van der Waals surface area contributed by atoms with Crippen LogP contribution in [-0.2, 0) is 11.2 Å². The van der Waals surface area contributed by atoms with Gasteiger partial charge in [-0.1, -0.05) is 24.6 Å². The van der Waals surface area contributed by atoms with Crippen molar-refractivity contribution in [3.63, 3.8) is 0 Å². The third-order valence-corrected chi connectivity index (χ3v) is 6.84. The average molecular weight is 349 g/mol. The van der Waals surface area contributed by atoms with Crippen molar-refractivity contribution in [1.29, 1.82) is 0 Å². The van der Waals surface area contributed by atoms with Gasteiger partial charge in [0.25, 0.3) is 0 Å². The Morgan fingerprint density at radius 1 is 1.08 bits per heavy atom. The molecule has 136 valence electrons. The highest BCUT2D eigenvalue weighted by molar-refractivity contribution is 5.97. The van der Waals surface area contributed by atoms with Gasteiger partial charge in [-0.05, 0) is 73.4 Å². The van der Waals surface area contributed by atoms with E-state index in [2.05, 4.69) is 23.1 Å². The first-order valence-electron chi connectivity index (χ1n) is 10.2. The van der Waals surface area contributed by atoms with Crippen molar-refractivity contribution in [1.82, 2.24) is 4.90 Å². The third-order valence-electron chi connectivity index (χ3n) is 6.84. The minimum atomic E-state index is 0.0607. The number of ketones is 1. The fourth-order valence-electron chi connectivity index (χ4n) is 4.84. The Labute approximate surface area is 155 Å². The van der Waals surface area contributed by atoms with Crippen LogP contribution in [-0.4, -0.2) is 35.4 Å². The van der Waals surface area contributed by atoms with Crippen molar-refractivity contribution >= 4 is 11.4 Å². The first-order chi connectivity index (χ1) is 12.7. The van der Waals surface area contributed by atoms with Gasteiger partial charge in [0.05, 0.1) is 0 Å². The van der Waals surface area contributed by atoms with E-state index < -0.39 is 0 Å². The van der Waals surface area contributed by atoms with Gasteiger partial charge < -0.3 is 9.64 Å². The normalized spacial score (nSPS) is 25.4. The highest BCUT2D eigenvalue weighted by Crippen LogP contribution is 2.41. The van der Waals surface area contributed by atoms with Gasteiger partial charge in [-0.25, -0.2) is 0 Å². The number of likely N-dealkylation sites (tertiary alicyclic amines) is 1. The number of aryl methyl sites for hydroxylation is 1. The number of benzene rings is 1. The molecule has 1 aromatic rings. The first kappa shape index (κ1) is 16.3. The molecule has 1 spiro atoms. The number of piperidine rings is 1. The van der Waals surface area contributed by atoms with Crippen molar-refractivity contribution in [3.8, 4) is 5.75 Å². The summed E-state index contributed by atoms with van der Waals surface area (Å²) in [4.78, 5) is 14.1. The lowest BCUT2D eigenvalue weighted by Crippen LogP contribution is -2.53. The van der Waals surface area contributed by atoms with Gasteiger partial charge in [0.2, 0.25) is 0 Å². The van der Waals surface area contributed by atoms with E-state index in [4.69, 9.17) is 4.74 Å². The van der Waals surface area contributed by atoms with Crippen LogP contribution in [0.15, 0.2) is 36.4 Å². The molecule has 5 rings (SSSR count). The molecule has 26 heavy (non-hydrogen) atoms. The predicted molar refractivity (Wildman–Crippen MR) is 103 cm³/mol. The van der Waals surface area contributed by atoms with E-state index in [1.807, 2.05) is 12.2 Å². The second-order valence-electron chi connectivity index (χ2n) is 8.39. The summed E-state index contributed by atoms with van der Waals surface area (Å²) >= 11 is 0. The monoisotopic (exact) mass is 349 g/mol. The number of rotatable bonds is 2. The number of hydrogen-bond acceptors (Lipinski definition) is 3. The van der Waals surface area contributed by atoms with E-state index in [0.717, 1.165) is 30.2 Å². The zero-order valence-corrected chi connectivity index (χ0v) is 15.4. The number of fused-ring (bicyclic) bond motifs is 1. The van der Waals surface area contributed by atoms with E-state index in [1.54, 1.807) is 6.08 Å². The van der Waals surface area contributed by atoms with Gasteiger partial charge in [-0.15, -0.1) is 0 Å². The molecule has 3 heteroatoms. The Morgan fingerprint density at radius 2 is 1.92 bits per heavy atom. The van der Waals surface area contributed by atoms with Crippen LogP contribution in [0.4, 0.5) is 0 Å². The maximum Gasteiger partial charge on any atom is 0.159 e. The number of ether oxygens (including phenoxy) is 1. The summed E-state index contributed by atoms with van der Waals surface area (Å²) in [5, 5.41) is 0. The minimum Gasteiger partial charge on any atom is -0.487 e. The van der Waals surface area contributed by atoms with Gasteiger partial charge in [-0.3, -0.25) is 4.79 Å². The van der Waals surface area contributed by atoms with Crippen molar-refractivity contribution in [2.75, 3.05) is 13.1 Å². The molecule has 1 aromatic carbocycles. The Balaban J connectivity index is 1.30. The summed E-state index contributed by atoms with van der Waals surface area (Å²) in [5.41, 5.74) is 3.74. The van der Waals surface area contributed by atoms with Crippen molar-refractivity contribution in [2.24, 2.45) is 0 Å². The van der Waals surface area contributed by atoms with Crippen LogP contribution < -0.4 is 4.74 Å². The van der Waals surface area contributed by atoms with E-state index in [1.165, 1.54) is 56.3 Å². The van der Waals surface area contributed by atoms with Crippen LogP contribution in [0.5, 0.6) is 5.75 Å². The number of carbonyl (C=O) groups is 1. The molecule has 0 unspecified atom stereocenters. The zero-order valence-electron chi connectivity index (χ0n) is 15.4. The molecule has 0 radical (unpaired) electrons. The number of allylic oxidation sites excluding steroid dienone is 4. The maximum atomic E-state index is 11.4. The van der Waals surface area contributed by atoms with E-state index in [9.17, 15) is 4.79 Å². The highest BCUT2D eigenvalue weighted by Gasteiger charge is 2.41.